The fourth-order valence-electron chi connectivity index (χ4n) is 2.65. The minimum absolute atomic E-state index is 0. The smallest absolute Gasteiger partial charge is 0.191 e. The molecular formula is C17H22FIN4S. The van der Waals surface area contributed by atoms with E-state index in [9.17, 15) is 4.39 Å². The SMILES string of the molecule is CN=C(NCc1ncc(C)s1)NCC1(c2cccc(F)c2)CC1.I. The van der Waals surface area contributed by atoms with Gasteiger partial charge in [0.1, 0.15) is 10.8 Å². The molecule has 24 heavy (non-hydrogen) atoms. The number of nitrogens with one attached hydrogen (secondary N) is 2. The first kappa shape index (κ1) is 19.1. The molecule has 1 aromatic carbocycles. The highest BCUT2D eigenvalue weighted by molar-refractivity contribution is 14.0. The van der Waals surface area contributed by atoms with E-state index in [1.165, 1.54) is 10.9 Å². The Hall–Kier alpha value is -1.22. The van der Waals surface area contributed by atoms with E-state index in [1.807, 2.05) is 19.2 Å². The number of aliphatic imine (C=N–C) groups is 1. The van der Waals surface area contributed by atoms with Gasteiger partial charge in [0, 0.05) is 30.1 Å². The summed E-state index contributed by atoms with van der Waals surface area (Å²) in [4.78, 5) is 9.78. The Bertz CT molecular complexity index is 712. The molecule has 0 unspecified atom stereocenters. The molecule has 0 saturated heterocycles. The van der Waals surface area contributed by atoms with E-state index in [4.69, 9.17) is 0 Å². The molecule has 0 aliphatic heterocycles. The van der Waals surface area contributed by atoms with Crippen molar-refractivity contribution < 1.29 is 4.39 Å². The van der Waals surface area contributed by atoms with Gasteiger partial charge in [-0.1, -0.05) is 12.1 Å². The second-order valence-electron chi connectivity index (χ2n) is 5.93. The number of benzene rings is 1. The van der Waals surface area contributed by atoms with Gasteiger partial charge in [-0.25, -0.2) is 9.37 Å². The highest BCUT2D eigenvalue weighted by Gasteiger charge is 2.44. The minimum atomic E-state index is -0.171. The third-order valence-corrected chi connectivity index (χ3v) is 5.10. The molecule has 0 spiro atoms. The van der Waals surface area contributed by atoms with Crippen molar-refractivity contribution >= 4 is 41.3 Å². The molecule has 3 rings (SSSR count). The van der Waals surface area contributed by atoms with E-state index in [0.29, 0.717) is 6.54 Å². The van der Waals surface area contributed by atoms with Gasteiger partial charge in [-0.15, -0.1) is 35.3 Å². The summed E-state index contributed by atoms with van der Waals surface area (Å²) in [5.41, 5.74) is 1.10. The summed E-state index contributed by atoms with van der Waals surface area (Å²) in [5.74, 6) is 0.580. The van der Waals surface area contributed by atoms with Gasteiger partial charge in [0.15, 0.2) is 5.96 Å². The number of hydrogen-bond acceptors (Lipinski definition) is 3. The molecule has 1 aliphatic carbocycles. The van der Waals surface area contributed by atoms with Gasteiger partial charge in [0.25, 0.3) is 0 Å². The number of rotatable bonds is 5. The molecule has 7 heteroatoms. The largest absolute Gasteiger partial charge is 0.356 e. The van der Waals surface area contributed by atoms with Crippen molar-refractivity contribution in [1.82, 2.24) is 15.6 Å². The Balaban J connectivity index is 0.00000208. The predicted molar refractivity (Wildman–Crippen MR) is 108 cm³/mol. The summed E-state index contributed by atoms with van der Waals surface area (Å²) in [7, 11) is 1.75. The summed E-state index contributed by atoms with van der Waals surface area (Å²) < 4.78 is 13.4. The average molecular weight is 460 g/mol. The van der Waals surface area contributed by atoms with Crippen LogP contribution >= 0.6 is 35.3 Å². The highest BCUT2D eigenvalue weighted by Crippen LogP contribution is 2.47. The number of guanidine groups is 1. The number of aromatic nitrogens is 1. The van der Waals surface area contributed by atoms with Crippen LogP contribution in [0, 0.1) is 12.7 Å². The molecule has 2 N–H and O–H groups in total. The quantitative estimate of drug-likeness (QED) is 0.407. The van der Waals surface area contributed by atoms with Crippen LogP contribution in [0.25, 0.3) is 0 Å². The molecule has 0 atom stereocenters. The molecule has 1 fully saturated rings. The fourth-order valence-corrected chi connectivity index (χ4v) is 3.38. The average Bonchev–Trinajstić information content (AvgIpc) is 3.23. The molecule has 1 heterocycles. The lowest BCUT2D eigenvalue weighted by atomic mass is 9.96. The Morgan fingerprint density at radius 3 is 2.75 bits per heavy atom. The molecule has 1 saturated carbocycles. The lowest BCUT2D eigenvalue weighted by Gasteiger charge is -2.19. The molecular weight excluding hydrogens is 438 g/mol. The summed E-state index contributed by atoms with van der Waals surface area (Å²) >= 11 is 1.68. The standard InChI is InChI=1S/C17H21FN4S.HI/c1-12-9-20-15(23-12)10-21-16(19-2)22-11-17(6-7-17)13-4-3-5-14(18)8-13;/h3-5,8-9H,6-7,10-11H2,1-2H3,(H2,19,21,22);1H. The first-order valence-corrected chi connectivity index (χ1v) is 8.55. The van der Waals surface area contributed by atoms with Gasteiger partial charge in [0.05, 0.1) is 6.54 Å². The van der Waals surface area contributed by atoms with Gasteiger partial charge >= 0.3 is 0 Å². The molecule has 130 valence electrons. The van der Waals surface area contributed by atoms with Crippen LogP contribution in [0.2, 0.25) is 0 Å². The molecule has 2 aromatic rings. The molecule has 1 aliphatic rings. The van der Waals surface area contributed by atoms with Crippen molar-refractivity contribution in [3.8, 4) is 0 Å². The van der Waals surface area contributed by atoms with Crippen LogP contribution in [0.3, 0.4) is 0 Å². The first-order chi connectivity index (χ1) is 11.1. The van der Waals surface area contributed by atoms with Gasteiger partial charge in [-0.05, 0) is 37.5 Å². The normalized spacial score (nSPS) is 15.5. The zero-order valence-electron chi connectivity index (χ0n) is 13.8. The lowest BCUT2D eigenvalue weighted by Crippen LogP contribution is -2.40. The van der Waals surface area contributed by atoms with Crippen LogP contribution in [-0.4, -0.2) is 24.5 Å². The van der Waals surface area contributed by atoms with Crippen molar-refractivity contribution in [2.75, 3.05) is 13.6 Å². The number of thiazole rings is 1. The Morgan fingerprint density at radius 1 is 1.38 bits per heavy atom. The number of aryl methyl sites for hydroxylation is 1. The third kappa shape index (κ3) is 4.66. The van der Waals surface area contributed by atoms with Gasteiger partial charge < -0.3 is 10.6 Å². The summed E-state index contributed by atoms with van der Waals surface area (Å²) in [6, 6.07) is 6.92. The number of hydrogen-bond donors (Lipinski definition) is 2. The Labute approximate surface area is 163 Å². The maximum Gasteiger partial charge on any atom is 0.191 e. The summed E-state index contributed by atoms with van der Waals surface area (Å²) in [6.45, 7) is 3.46. The Morgan fingerprint density at radius 2 is 2.17 bits per heavy atom. The third-order valence-electron chi connectivity index (χ3n) is 4.18. The molecule has 4 nitrogen and oxygen atoms in total. The van der Waals surface area contributed by atoms with E-state index in [-0.39, 0.29) is 35.2 Å². The minimum Gasteiger partial charge on any atom is -0.356 e. The summed E-state index contributed by atoms with van der Waals surface area (Å²) in [5, 5.41) is 7.67. The van der Waals surface area contributed by atoms with Crippen molar-refractivity contribution in [2.24, 2.45) is 4.99 Å². The summed E-state index contributed by atoms with van der Waals surface area (Å²) in [6.07, 6.45) is 4.03. The fraction of sp³-hybridized carbons (Fsp3) is 0.412. The van der Waals surface area contributed by atoms with Crippen molar-refractivity contribution in [3.05, 3.63) is 51.7 Å². The van der Waals surface area contributed by atoms with Gasteiger partial charge in [-0.3, -0.25) is 4.99 Å². The van der Waals surface area contributed by atoms with Crippen molar-refractivity contribution in [1.29, 1.82) is 0 Å². The van der Waals surface area contributed by atoms with E-state index >= 15 is 0 Å². The highest BCUT2D eigenvalue weighted by atomic mass is 127. The first-order valence-electron chi connectivity index (χ1n) is 7.73. The second kappa shape index (κ2) is 8.24. The molecule has 0 bridgehead atoms. The number of nitrogens with zero attached hydrogens (tertiary/aromatic N) is 2. The maximum absolute atomic E-state index is 13.4. The van der Waals surface area contributed by atoms with Crippen LogP contribution in [0.1, 0.15) is 28.3 Å². The van der Waals surface area contributed by atoms with E-state index in [1.54, 1.807) is 30.5 Å². The topological polar surface area (TPSA) is 49.3 Å². The van der Waals surface area contributed by atoms with Crippen LogP contribution in [0.5, 0.6) is 0 Å². The predicted octanol–water partition coefficient (Wildman–Crippen LogP) is 3.61. The van der Waals surface area contributed by atoms with Crippen molar-refractivity contribution in [3.63, 3.8) is 0 Å². The molecule has 1 aromatic heterocycles. The monoisotopic (exact) mass is 460 g/mol. The van der Waals surface area contributed by atoms with Crippen LogP contribution in [0.4, 0.5) is 4.39 Å². The zero-order valence-corrected chi connectivity index (χ0v) is 17.0. The van der Waals surface area contributed by atoms with Crippen LogP contribution in [-0.2, 0) is 12.0 Å². The van der Waals surface area contributed by atoms with Crippen molar-refractivity contribution in [2.45, 2.75) is 31.7 Å². The van der Waals surface area contributed by atoms with Crippen LogP contribution in [0.15, 0.2) is 35.5 Å². The van der Waals surface area contributed by atoms with E-state index in [0.717, 1.165) is 35.9 Å². The van der Waals surface area contributed by atoms with Gasteiger partial charge in [0.2, 0.25) is 0 Å². The van der Waals surface area contributed by atoms with Gasteiger partial charge in [-0.2, -0.15) is 0 Å². The lowest BCUT2D eigenvalue weighted by molar-refractivity contribution is 0.607. The Kier molecular flexibility index (Phi) is 6.56. The van der Waals surface area contributed by atoms with Crippen LogP contribution < -0.4 is 10.6 Å². The van der Waals surface area contributed by atoms with E-state index in [2.05, 4.69) is 20.6 Å². The van der Waals surface area contributed by atoms with E-state index < -0.39 is 0 Å². The zero-order chi connectivity index (χ0) is 16.3. The second-order valence-corrected chi connectivity index (χ2v) is 7.25. The molecule has 0 amide bonds. The molecule has 0 radical (unpaired) electrons. The maximum atomic E-state index is 13.4. The number of halogens is 2.